The molecule has 1 N–H and O–H groups in total. The molecule has 0 spiro atoms. The number of benzene rings is 5. The van der Waals surface area contributed by atoms with Gasteiger partial charge in [-0.1, -0.05) is 78.9 Å². The second-order valence-corrected chi connectivity index (χ2v) is 7.94. The lowest BCUT2D eigenvalue weighted by Crippen LogP contribution is -1.90. The molecule has 2 heteroatoms. The summed E-state index contributed by atoms with van der Waals surface area (Å²) in [6, 6.07) is 30.9. The Morgan fingerprint density at radius 2 is 1.26 bits per heavy atom. The molecule has 2 nitrogen and oxygen atoms in total. The molecule has 5 aromatic rings. The van der Waals surface area contributed by atoms with Crippen molar-refractivity contribution < 1.29 is 5.11 Å². The first-order chi connectivity index (χ1) is 15.1. The van der Waals surface area contributed by atoms with Crippen molar-refractivity contribution in [1.29, 1.82) is 0 Å². The summed E-state index contributed by atoms with van der Waals surface area (Å²) in [5, 5.41) is 15.9. The van der Waals surface area contributed by atoms with Gasteiger partial charge in [-0.3, -0.25) is 4.99 Å². The highest BCUT2D eigenvalue weighted by Crippen LogP contribution is 2.41. The van der Waals surface area contributed by atoms with Gasteiger partial charge in [-0.15, -0.1) is 0 Å². The van der Waals surface area contributed by atoms with Crippen LogP contribution in [0.5, 0.6) is 5.75 Å². The number of phenolic OH excluding ortho intramolecular Hbond substituents is 1. The van der Waals surface area contributed by atoms with Crippen molar-refractivity contribution in [3.63, 3.8) is 0 Å². The Kier molecular flexibility index (Phi) is 4.76. The predicted molar refractivity (Wildman–Crippen MR) is 132 cm³/mol. The lowest BCUT2D eigenvalue weighted by molar-refractivity contribution is 0.476. The summed E-state index contributed by atoms with van der Waals surface area (Å²) >= 11 is 0. The molecule has 0 aliphatic rings. The Labute approximate surface area is 182 Å². The smallest absolute Gasteiger partial charge is 0.132 e. The van der Waals surface area contributed by atoms with E-state index in [1.54, 1.807) is 6.21 Å². The number of hydrogen-bond acceptors (Lipinski definition) is 2. The monoisotopic (exact) mass is 401 g/mol. The topological polar surface area (TPSA) is 32.6 Å². The van der Waals surface area contributed by atoms with E-state index in [0.717, 1.165) is 49.5 Å². The molecule has 0 saturated heterocycles. The maximum atomic E-state index is 11.3. The summed E-state index contributed by atoms with van der Waals surface area (Å²) < 4.78 is 0. The van der Waals surface area contributed by atoms with E-state index in [1.807, 2.05) is 48.5 Å². The quantitative estimate of drug-likeness (QED) is 0.243. The number of aliphatic imine (C=N–C) groups is 1. The molecule has 5 aromatic carbocycles. The standard InChI is InChI=1S/C29H23NO/c1-19-9-7-10-20(2)28(19)30-18-23-13-8-16-26(29(23)31)27-24-14-5-3-11-21(24)17-22-12-4-6-15-25(22)27/h3-18,31H,1-2H3. The average Bonchev–Trinajstić information content (AvgIpc) is 2.78. The van der Waals surface area contributed by atoms with Gasteiger partial charge in [-0.25, -0.2) is 0 Å². The Morgan fingerprint density at radius 3 is 1.90 bits per heavy atom. The van der Waals surface area contributed by atoms with Crippen LogP contribution in [0.3, 0.4) is 0 Å². The van der Waals surface area contributed by atoms with Crippen LogP contribution in [-0.2, 0) is 0 Å². The van der Waals surface area contributed by atoms with Crippen molar-refractivity contribution in [3.05, 3.63) is 108 Å². The maximum absolute atomic E-state index is 11.3. The summed E-state index contributed by atoms with van der Waals surface area (Å²) in [6.07, 6.45) is 1.77. The number of fused-ring (bicyclic) bond motifs is 2. The van der Waals surface area contributed by atoms with Gasteiger partial charge in [0.2, 0.25) is 0 Å². The molecule has 0 aliphatic carbocycles. The zero-order valence-electron chi connectivity index (χ0n) is 17.6. The molecule has 0 radical (unpaired) electrons. The largest absolute Gasteiger partial charge is 0.507 e. The first kappa shape index (κ1) is 19.1. The summed E-state index contributed by atoms with van der Waals surface area (Å²) in [5.74, 6) is 0.249. The molecule has 0 aliphatic heterocycles. The fraction of sp³-hybridized carbons (Fsp3) is 0.0690. The van der Waals surface area contributed by atoms with Crippen molar-refractivity contribution in [2.45, 2.75) is 13.8 Å². The molecule has 150 valence electrons. The van der Waals surface area contributed by atoms with E-state index < -0.39 is 0 Å². The van der Waals surface area contributed by atoms with Gasteiger partial charge in [-0.05, 0) is 58.7 Å². The van der Waals surface area contributed by atoms with Crippen LogP contribution in [0.15, 0.2) is 96.0 Å². The fourth-order valence-electron chi connectivity index (χ4n) is 4.31. The number of para-hydroxylation sites is 2. The van der Waals surface area contributed by atoms with Crippen LogP contribution in [0.25, 0.3) is 32.7 Å². The molecule has 0 bridgehead atoms. The van der Waals surface area contributed by atoms with Gasteiger partial charge in [0.1, 0.15) is 5.75 Å². The lowest BCUT2D eigenvalue weighted by Gasteiger charge is -2.14. The second-order valence-electron chi connectivity index (χ2n) is 7.94. The number of nitrogens with zero attached hydrogens (tertiary/aromatic N) is 1. The molecule has 5 rings (SSSR count). The number of hydrogen-bond donors (Lipinski definition) is 1. The summed E-state index contributed by atoms with van der Waals surface area (Å²) in [4.78, 5) is 4.71. The van der Waals surface area contributed by atoms with Crippen molar-refractivity contribution >= 4 is 33.4 Å². The normalized spacial score (nSPS) is 11.5. The molecule has 0 amide bonds. The third-order valence-electron chi connectivity index (χ3n) is 5.88. The minimum atomic E-state index is 0.249. The van der Waals surface area contributed by atoms with Gasteiger partial charge in [0.15, 0.2) is 0 Å². The van der Waals surface area contributed by atoms with E-state index in [-0.39, 0.29) is 5.75 Å². The highest BCUT2D eigenvalue weighted by atomic mass is 16.3. The number of aromatic hydroxyl groups is 1. The van der Waals surface area contributed by atoms with E-state index in [0.29, 0.717) is 5.56 Å². The Morgan fingerprint density at radius 1 is 0.677 bits per heavy atom. The molecule has 0 fully saturated rings. The zero-order valence-corrected chi connectivity index (χ0v) is 17.6. The first-order valence-electron chi connectivity index (χ1n) is 10.5. The first-order valence-corrected chi connectivity index (χ1v) is 10.5. The molecule has 0 saturated carbocycles. The van der Waals surface area contributed by atoms with Crippen LogP contribution in [0.4, 0.5) is 5.69 Å². The van der Waals surface area contributed by atoms with E-state index in [2.05, 4.69) is 56.3 Å². The van der Waals surface area contributed by atoms with E-state index in [1.165, 1.54) is 0 Å². The van der Waals surface area contributed by atoms with Crippen molar-refractivity contribution in [1.82, 2.24) is 0 Å². The maximum Gasteiger partial charge on any atom is 0.132 e. The summed E-state index contributed by atoms with van der Waals surface area (Å²) in [5.41, 5.74) is 5.76. The van der Waals surface area contributed by atoms with Crippen molar-refractivity contribution in [3.8, 4) is 16.9 Å². The Bertz CT molecular complexity index is 1390. The van der Waals surface area contributed by atoms with Gasteiger partial charge in [0.25, 0.3) is 0 Å². The van der Waals surface area contributed by atoms with Gasteiger partial charge in [-0.2, -0.15) is 0 Å². The van der Waals surface area contributed by atoms with Gasteiger partial charge in [0, 0.05) is 22.9 Å². The third kappa shape index (κ3) is 3.36. The van der Waals surface area contributed by atoms with Crippen LogP contribution in [0.1, 0.15) is 16.7 Å². The van der Waals surface area contributed by atoms with Crippen molar-refractivity contribution in [2.75, 3.05) is 0 Å². The van der Waals surface area contributed by atoms with Crippen LogP contribution in [-0.4, -0.2) is 11.3 Å². The SMILES string of the molecule is Cc1cccc(C)c1N=Cc1cccc(-c2c3ccccc3cc3ccccc23)c1O. The fourth-order valence-corrected chi connectivity index (χ4v) is 4.31. The summed E-state index contributed by atoms with van der Waals surface area (Å²) in [6.45, 7) is 4.11. The zero-order chi connectivity index (χ0) is 21.4. The lowest BCUT2D eigenvalue weighted by atomic mass is 9.91. The number of rotatable bonds is 3. The summed E-state index contributed by atoms with van der Waals surface area (Å²) in [7, 11) is 0. The van der Waals surface area contributed by atoms with E-state index in [9.17, 15) is 5.11 Å². The Hall–Kier alpha value is -3.91. The van der Waals surface area contributed by atoms with E-state index in [4.69, 9.17) is 4.99 Å². The minimum Gasteiger partial charge on any atom is -0.507 e. The second kappa shape index (κ2) is 7.73. The van der Waals surface area contributed by atoms with Crippen LogP contribution >= 0.6 is 0 Å². The van der Waals surface area contributed by atoms with Crippen LogP contribution < -0.4 is 0 Å². The molecule has 0 atom stereocenters. The molecule has 31 heavy (non-hydrogen) atoms. The minimum absolute atomic E-state index is 0.249. The third-order valence-corrected chi connectivity index (χ3v) is 5.88. The molecular formula is C29H23NO. The Balaban J connectivity index is 1.73. The molecule has 0 heterocycles. The van der Waals surface area contributed by atoms with Crippen molar-refractivity contribution in [2.24, 2.45) is 4.99 Å². The molecular weight excluding hydrogens is 378 g/mol. The molecule has 0 unspecified atom stereocenters. The highest BCUT2D eigenvalue weighted by molar-refractivity contribution is 6.14. The number of phenols is 1. The predicted octanol–water partition coefficient (Wildman–Crippen LogP) is 7.73. The van der Waals surface area contributed by atoms with Crippen LogP contribution in [0, 0.1) is 13.8 Å². The van der Waals surface area contributed by atoms with Gasteiger partial charge >= 0.3 is 0 Å². The van der Waals surface area contributed by atoms with Crippen LogP contribution in [0.2, 0.25) is 0 Å². The van der Waals surface area contributed by atoms with E-state index >= 15 is 0 Å². The van der Waals surface area contributed by atoms with Gasteiger partial charge < -0.3 is 5.11 Å². The average molecular weight is 402 g/mol. The molecule has 0 aromatic heterocycles. The van der Waals surface area contributed by atoms with Gasteiger partial charge in [0.05, 0.1) is 5.69 Å². The highest BCUT2D eigenvalue weighted by Gasteiger charge is 2.14. The number of aryl methyl sites for hydroxylation is 2.